The van der Waals surface area contributed by atoms with E-state index in [1.165, 1.54) is 26.4 Å². The van der Waals surface area contributed by atoms with Crippen molar-refractivity contribution in [1.82, 2.24) is 0 Å². The molecule has 34 heavy (non-hydrogen) atoms. The fourth-order valence-corrected chi connectivity index (χ4v) is 3.69. The summed E-state index contributed by atoms with van der Waals surface area (Å²) in [5.41, 5.74) is 1.17. The maximum absolute atomic E-state index is 13.6. The number of aliphatic carboxylic acids is 1. The van der Waals surface area contributed by atoms with E-state index in [0.29, 0.717) is 28.6 Å². The number of fused-ring (bicyclic) bond motifs is 1. The van der Waals surface area contributed by atoms with Gasteiger partial charge in [-0.25, -0.2) is 0 Å². The van der Waals surface area contributed by atoms with Crippen LogP contribution in [0.25, 0.3) is 5.57 Å². The van der Waals surface area contributed by atoms with E-state index >= 15 is 0 Å². The molecular formula is C26H21NaO7. The number of methoxy groups -OCH3 is 2. The number of carboxylic acids is 1. The van der Waals surface area contributed by atoms with Crippen LogP contribution in [0.2, 0.25) is 0 Å². The number of hydrogen-bond acceptors (Lipinski definition) is 7. The molecule has 0 atom stereocenters. The normalized spacial score (nSPS) is 12.3. The quantitative estimate of drug-likeness (QED) is 0.262. The van der Waals surface area contributed by atoms with Gasteiger partial charge in [-0.3, -0.25) is 4.79 Å². The Morgan fingerprint density at radius 1 is 0.912 bits per heavy atom. The van der Waals surface area contributed by atoms with E-state index in [0.717, 1.165) is 5.56 Å². The first-order valence-corrected chi connectivity index (χ1v) is 10.2. The number of hydrogen-bond donors (Lipinski definition) is 0. The van der Waals surface area contributed by atoms with Gasteiger partial charge in [0.05, 0.1) is 20.2 Å². The van der Waals surface area contributed by atoms with Gasteiger partial charge < -0.3 is 28.8 Å². The standard InChI is InChI=1S/C26H22O7.Na/c1-30-19-10-8-17(9-11-19)24(27)20(12-16-6-4-3-5-7-16)23(26(28)29)18-13-21(31-2)25-22(14-18)32-15-33-25;/h3-11,13-14H,12,15H2,1-2H3,(H,28,29);/q;+1/p-1. The molecule has 0 radical (unpaired) electrons. The van der Waals surface area contributed by atoms with Crippen LogP contribution in [0.4, 0.5) is 0 Å². The smallest absolute Gasteiger partial charge is 0.545 e. The van der Waals surface area contributed by atoms with Gasteiger partial charge in [0.25, 0.3) is 0 Å². The van der Waals surface area contributed by atoms with Crippen molar-refractivity contribution in [2.45, 2.75) is 6.42 Å². The number of benzene rings is 3. The van der Waals surface area contributed by atoms with Crippen LogP contribution in [0.1, 0.15) is 21.5 Å². The van der Waals surface area contributed by atoms with Crippen LogP contribution < -0.4 is 53.6 Å². The third-order valence-corrected chi connectivity index (χ3v) is 5.30. The van der Waals surface area contributed by atoms with E-state index in [4.69, 9.17) is 18.9 Å². The van der Waals surface area contributed by atoms with Crippen molar-refractivity contribution in [1.29, 1.82) is 0 Å². The summed E-state index contributed by atoms with van der Waals surface area (Å²) in [6.45, 7) is -0.0127. The summed E-state index contributed by atoms with van der Waals surface area (Å²) in [7, 11) is 2.97. The van der Waals surface area contributed by atoms with E-state index in [2.05, 4.69) is 0 Å². The fourth-order valence-electron chi connectivity index (χ4n) is 3.69. The average molecular weight is 468 g/mol. The van der Waals surface area contributed by atoms with Gasteiger partial charge in [0.2, 0.25) is 12.5 Å². The fraction of sp³-hybridized carbons (Fsp3) is 0.154. The molecule has 0 bridgehead atoms. The van der Waals surface area contributed by atoms with Crippen molar-refractivity contribution in [2.24, 2.45) is 0 Å². The Balaban J connectivity index is 0.00000324. The molecule has 168 valence electrons. The Bertz CT molecular complexity index is 1220. The molecule has 7 nitrogen and oxygen atoms in total. The molecule has 4 rings (SSSR count). The number of carbonyl (C=O) groups excluding carboxylic acids is 2. The van der Waals surface area contributed by atoms with Gasteiger partial charge in [0, 0.05) is 23.1 Å². The van der Waals surface area contributed by atoms with E-state index in [-0.39, 0.29) is 59.5 Å². The van der Waals surface area contributed by atoms with Crippen molar-refractivity contribution in [3.8, 4) is 23.0 Å². The maximum atomic E-state index is 13.6. The zero-order valence-electron chi connectivity index (χ0n) is 19.1. The number of allylic oxidation sites excluding steroid dienone is 1. The van der Waals surface area contributed by atoms with E-state index in [9.17, 15) is 14.7 Å². The topological polar surface area (TPSA) is 94.1 Å². The molecule has 0 spiro atoms. The minimum Gasteiger partial charge on any atom is -0.545 e. The molecule has 0 aromatic heterocycles. The maximum Gasteiger partial charge on any atom is 1.00 e. The first-order valence-electron chi connectivity index (χ1n) is 10.2. The Kier molecular flexibility index (Phi) is 8.39. The number of Topliss-reactive ketones (excluding diaryl/α,β-unsaturated/α-hetero) is 1. The summed E-state index contributed by atoms with van der Waals surface area (Å²) in [6, 6.07) is 18.7. The van der Waals surface area contributed by atoms with E-state index in [1.54, 1.807) is 24.3 Å². The Hall–Kier alpha value is -3.26. The van der Waals surface area contributed by atoms with Crippen molar-refractivity contribution >= 4 is 17.3 Å². The first-order chi connectivity index (χ1) is 16.0. The average Bonchev–Trinajstić information content (AvgIpc) is 3.32. The van der Waals surface area contributed by atoms with Crippen molar-refractivity contribution in [3.63, 3.8) is 0 Å². The molecule has 8 heteroatoms. The Labute approximate surface area is 219 Å². The van der Waals surface area contributed by atoms with Crippen LogP contribution in [0, 0.1) is 0 Å². The molecule has 1 aliphatic rings. The number of ether oxygens (including phenoxy) is 4. The second-order valence-electron chi connectivity index (χ2n) is 7.27. The van der Waals surface area contributed by atoms with Crippen LogP contribution in [0.5, 0.6) is 23.0 Å². The van der Waals surface area contributed by atoms with Gasteiger partial charge in [-0.05, 0) is 47.5 Å². The molecule has 0 unspecified atom stereocenters. The van der Waals surface area contributed by atoms with Crippen molar-refractivity contribution in [2.75, 3.05) is 21.0 Å². The minimum absolute atomic E-state index is 0. The summed E-state index contributed by atoms with van der Waals surface area (Å²) in [4.78, 5) is 26.0. The Morgan fingerprint density at radius 3 is 2.24 bits per heavy atom. The van der Waals surface area contributed by atoms with Gasteiger partial charge in [0.1, 0.15) is 5.75 Å². The second kappa shape index (κ2) is 11.2. The summed E-state index contributed by atoms with van der Waals surface area (Å²) < 4.78 is 21.4. The molecule has 0 fully saturated rings. The molecule has 1 aliphatic heterocycles. The summed E-state index contributed by atoms with van der Waals surface area (Å²) >= 11 is 0. The summed E-state index contributed by atoms with van der Waals surface area (Å²) in [6.07, 6.45) is 0.0891. The van der Waals surface area contributed by atoms with Gasteiger partial charge in [-0.1, -0.05) is 30.3 Å². The van der Waals surface area contributed by atoms with Crippen LogP contribution in [-0.2, 0) is 11.2 Å². The molecule has 0 saturated heterocycles. The number of carbonyl (C=O) groups is 2. The molecule has 1 heterocycles. The predicted octanol–water partition coefficient (Wildman–Crippen LogP) is 0.0656. The number of carboxylic acid groups (broad SMARTS) is 1. The second-order valence-corrected chi connectivity index (χ2v) is 7.27. The first kappa shape index (κ1) is 25.4. The largest absolute Gasteiger partial charge is 1.00 e. The Morgan fingerprint density at radius 2 is 1.62 bits per heavy atom. The van der Waals surface area contributed by atoms with Gasteiger partial charge in [-0.2, -0.15) is 0 Å². The SMILES string of the molecule is COc1ccc(C(=O)C(Cc2ccccc2)=C(C(=O)[O-])c2cc(OC)c3c(c2)OCO3)cc1.[Na+]. The zero-order valence-corrected chi connectivity index (χ0v) is 21.1. The van der Waals surface area contributed by atoms with Crippen LogP contribution in [0.3, 0.4) is 0 Å². The monoisotopic (exact) mass is 468 g/mol. The zero-order chi connectivity index (χ0) is 23.4. The molecule has 0 aliphatic carbocycles. The molecule has 3 aromatic carbocycles. The van der Waals surface area contributed by atoms with Gasteiger partial charge in [0.15, 0.2) is 17.3 Å². The van der Waals surface area contributed by atoms with Crippen molar-refractivity contribution < 1.29 is 63.2 Å². The van der Waals surface area contributed by atoms with Crippen LogP contribution in [0.15, 0.2) is 72.3 Å². The van der Waals surface area contributed by atoms with E-state index in [1.807, 2.05) is 30.3 Å². The van der Waals surface area contributed by atoms with E-state index < -0.39 is 11.8 Å². The molecule has 0 amide bonds. The summed E-state index contributed by atoms with van der Waals surface area (Å²) in [5, 5.41) is 12.4. The van der Waals surface area contributed by atoms with Crippen LogP contribution in [-0.4, -0.2) is 32.8 Å². The van der Waals surface area contributed by atoms with Crippen LogP contribution >= 0.6 is 0 Å². The third kappa shape index (κ3) is 5.28. The third-order valence-electron chi connectivity index (χ3n) is 5.30. The number of ketones is 1. The predicted molar refractivity (Wildman–Crippen MR) is 119 cm³/mol. The molecular weight excluding hydrogens is 447 g/mol. The number of rotatable bonds is 8. The minimum atomic E-state index is -1.48. The van der Waals surface area contributed by atoms with Gasteiger partial charge in [-0.15, -0.1) is 0 Å². The van der Waals surface area contributed by atoms with Gasteiger partial charge >= 0.3 is 29.6 Å². The molecule has 0 N–H and O–H groups in total. The molecule has 0 saturated carbocycles. The molecule has 3 aromatic rings. The summed E-state index contributed by atoms with van der Waals surface area (Å²) in [5.74, 6) is -0.319. The van der Waals surface area contributed by atoms with Crippen molar-refractivity contribution in [3.05, 3.63) is 89.0 Å².